The molecule has 0 spiro atoms. The summed E-state index contributed by atoms with van der Waals surface area (Å²) in [7, 11) is 0. The van der Waals surface area contributed by atoms with Gasteiger partial charge in [0.05, 0.1) is 5.69 Å². The summed E-state index contributed by atoms with van der Waals surface area (Å²) in [5.74, 6) is -2.26. The Bertz CT molecular complexity index is 577. The molecule has 0 aromatic heterocycles. The minimum atomic E-state index is -0.880. The van der Waals surface area contributed by atoms with E-state index in [-0.39, 0.29) is 17.5 Å². The van der Waals surface area contributed by atoms with E-state index in [0.29, 0.717) is 6.42 Å². The summed E-state index contributed by atoms with van der Waals surface area (Å²) >= 11 is 0. The molecule has 2 rings (SSSR count). The molecule has 0 saturated carbocycles. The molecule has 1 heterocycles. The van der Waals surface area contributed by atoms with Crippen LogP contribution in [0.4, 0.5) is 14.5 Å². The molecule has 6 heteroatoms. The van der Waals surface area contributed by atoms with Crippen molar-refractivity contribution in [2.45, 2.75) is 39.3 Å². The first kappa shape index (κ1) is 15.4. The molecule has 3 unspecified atom stereocenters. The van der Waals surface area contributed by atoms with Crippen molar-refractivity contribution in [3.8, 4) is 0 Å². The van der Waals surface area contributed by atoms with Gasteiger partial charge in [-0.3, -0.25) is 14.5 Å². The highest BCUT2D eigenvalue weighted by Crippen LogP contribution is 2.27. The van der Waals surface area contributed by atoms with Crippen LogP contribution in [0.15, 0.2) is 18.2 Å². The molecule has 0 radical (unpaired) electrons. The maximum atomic E-state index is 13.9. The molecule has 0 bridgehead atoms. The Balaban J connectivity index is 2.46. The minimum absolute atomic E-state index is 0.0897. The highest BCUT2D eigenvalue weighted by atomic mass is 19.1. The average Bonchev–Trinajstić information content (AvgIpc) is 2.46. The molecule has 1 fully saturated rings. The Labute approximate surface area is 122 Å². The number of rotatable bonds is 3. The van der Waals surface area contributed by atoms with Crippen LogP contribution in [0.25, 0.3) is 0 Å². The van der Waals surface area contributed by atoms with Crippen molar-refractivity contribution in [3.63, 3.8) is 0 Å². The van der Waals surface area contributed by atoms with Crippen LogP contribution >= 0.6 is 0 Å². The predicted octanol–water partition coefficient (Wildman–Crippen LogP) is 2.23. The Morgan fingerprint density at radius 1 is 1.33 bits per heavy atom. The number of benzene rings is 1. The fourth-order valence-electron chi connectivity index (χ4n) is 2.41. The van der Waals surface area contributed by atoms with Crippen LogP contribution in [0.2, 0.25) is 0 Å². The van der Waals surface area contributed by atoms with Crippen molar-refractivity contribution in [2.75, 3.05) is 4.90 Å². The molecule has 1 aliphatic heterocycles. The third-order valence-corrected chi connectivity index (χ3v) is 3.95. The smallest absolute Gasteiger partial charge is 0.250 e. The molecule has 3 atom stereocenters. The number of carbonyl (C=O) groups excluding carboxylic acids is 2. The largest absolute Gasteiger partial charge is 0.342 e. The monoisotopic (exact) mass is 296 g/mol. The number of amides is 2. The summed E-state index contributed by atoms with van der Waals surface area (Å²) in [4.78, 5) is 25.6. The quantitative estimate of drug-likeness (QED) is 0.930. The van der Waals surface area contributed by atoms with E-state index in [0.717, 1.165) is 23.1 Å². The van der Waals surface area contributed by atoms with Gasteiger partial charge < -0.3 is 5.32 Å². The molecule has 114 valence electrons. The summed E-state index contributed by atoms with van der Waals surface area (Å²) in [6.07, 6.45) is 0.685. The molecule has 0 aliphatic carbocycles. The first-order chi connectivity index (χ1) is 9.86. The lowest BCUT2D eigenvalue weighted by atomic mass is 9.94. The molecule has 4 nitrogen and oxygen atoms in total. The third-order valence-electron chi connectivity index (χ3n) is 3.95. The van der Waals surface area contributed by atoms with E-state index in [1.54, 1.807) is 0 Å². The fraction of sp³-hybridized carbons (Fsp3) is 0.467. The Morgan fingerprint density at radius 2 is 2.00 bits per heavy atom. The van der Waals surface area contributed by atoms with E-state index in [1.807, 2.05) is 13.8 Å². The van der Waals surface area contributed by atoms with Gasteiger partial charge in [0.2, 0.25) is 5.91 Å². The van der Waals surface area contributed by atoms with Crippen LogP contribution in [0.1, 0.15) is 27.2 Å². The molecule has 21 heavy (non-hydrogen) atoms. The van der Waals surface area contributed by atoms with E-state index < -0.39 is 29.6 Å². The molecule has 2 amide bonds. The zero-order valence-corrected chi connectivity index (χ0v) is 12.2. The van der Waals surface area contributed by atoms with Crippen LogP contribution in [0.5, 0.6) is 0 Å². The Kier molecular flexibility index (Phi) is 4.25. The number of piperazine rings is 1. The lowest BCUT2D eigenvalue weighted by molar-refractivity contribution is -0.134. The molecule has 1 aromatic carbocycles. The number of hydrogen-bond acceptors (Lipinski definition) is 2. The summed E-state index contributed by atoms with van der Waals surface area (Å²) in [5.41, 5.74) is -0.198. The number of nitrogens with one attached hydrogen (secondary N) is 1. The zero-order chi connectivity index (χ0) is 15.7. The van der Waals surface area contributed by atoms with Gasteiger partial charge in [0.25, 0.3) is 5.91 Å². The van der Waals surface area contributed by atoms with Crippen LogP contribution < -0.4 is 10.2 Å². The van der Waals surface area contributed by atoms with Crippen LogP contribution in [-0.2, 0) is 9.59 Å². The second kappa shape index (κ2) is 5.79. The number of nitrogens with zero attached hydrogens (tertiary/aromatic N) is 1. The van der Waals surface area contributed by atoms with Crippen molar-refractivity contribution >= 4 is 17.5 Å². The Morgan fingerprint density at radius 3 is 2.62 bits per heavy atom. The SMILES string of the molecule is CCC(C)C1NC(=O)C(C)N(c2cc(F)ccc2F)C1=O. The second-order valence-corrected chi connectivity index (χ2v) is 5.35. The first-order valence-electron chi connectivity index (χ1n) is 6.95. The number of anilines is 1. The van der Waals surface area contributed by atoms with Crippen molar-refractivity contribution in [2.24, 2.45) is 5.92 Å². The van der Waals surface area contributed by atoms with Crippen LogP contribution in [0, 0.1) is 17.6 Å². The van der Waals surface area contributed by atoms with Gasteiger partial charge in [-0.1, -0.05) is 20.3 Å². The lowest BCUT2D eigenvalue weighted by Crippen LogP contribution is -2.64. The van der Waals surface area contributed by atoms with Gasteiger partial charge in [-0.05, 0) is 25.0 Å². The van der Waals surface area contributed by atoms with Gasteiger partial charge in [-0.2, -0.15) is 0 Å². The molecule has 1 N–H and O–H groups in total. The first-order valence-corrected chi connectivity index (χ1v) is 6.95. The predicted molar refractivity (Wildman–Crippen MR) is 74.7 cm³/mol. The maximum absolute atomic E-state index is 13.9. The van der Waals surface area contributed by atoms with Gasteiger partial charge >= 0.3 is 0 Å². The lowest BCUT2D eigenvalue weighted by Gasteiger charge is -2.39. The average molecular weight is 296 g/mol. The highest BCUT2D eigenvalue weighted by molar-refractivity contribution is 6.08. The molecular weight excluding hydrogens is 278 g/mol. The number of carbonyl (C=O) groups is 2. The van der Waals surface area contributed by atoms with Crippen molar-refractivity contribution in [3.05, 3.63) is 29.8 Å². The van der Waals surface area contributed by atoms with Crippen molar-refractivity contribution in [1.29, 1.82) is 0 Å². The zero-order valence-electron chi connectivity index (χ0n) is 12.2. The van der Waals surface area contributed by atoms with Crippen LogP contribution in [-0.4, -0.2) is 23.9 Å². The van der Waals surface area contributed by atoms with Crippen LogP contribution in [0.3, 0.4) is 0 Å². The molecule has 1 saturated heterocycles. The van der Waals surface area contributed by atoms with Gasteiger partial charge in [0.15, 0.2) is 0 Å². The van der Waals surface area contributed by atoms with E-state index >= 15 is 0 Å². The standard InChI is InChI=1S/C15H18F2N2O2/c1-4-8(2)13-15(21)19(9(3)14(20)18-13)12-7-10(16)5-6-11(12)17/h5-9,13H,4H2,1-3H3,(H,18,20). The summed E-state index contributed by atoms with van der Waals surface area (Å²) < 4.78 is 27.3. The van der Waals surface area contributed by atoms with Gasteiger partial charge in [0.1, 0.15) is 23.7 Å². The van der Waals surface area contributed by atoms with E-state index in [9.17, 15) is 18.4 Å². The Hall–Kier alpha value is -1.98. The summed E-state index contributed by atoms with van der Waals surface area (Å²) in [5, 5.41) is 2.65. The fourth-order valence-corrected chi connectivity index (χ4v) is 2.41. The number of halogens is 2. The highest BCUT2D eigenvalue weighted by Gasteiger charge is 2.41. The third kappa shape index (κ3) is 2.75. The summed E-state index contributed by atoms with van der Waals surface area (Å²) in [6.45, 7) is 5.22. The van der Waals surface area contributed by atoms with Gasteiger partial charge in [-0.25, -0.2) is 8.78 Å². The van der Waals surface area contributed by atoms with Gasteiger partial charge in [0, 0.05) is 6.07 Å². The van der Waals surface area contributed by atoms with E-state index in [2.05, 4.69) is 5.32 Å². The summed E-state index contributed by atoms with van der Waals surface area (Å²) in [6, 6.07) is 1.27. The van der Waals surface area contributed by atoms with E-state index in [1.165, 1.54) is 6.92 Å². The molecule has 1 aromatic rings. The molecule has 1 aliphatic rings. The van der Waals surface area contributed by atoms with Gasteiger partial charge in [-0.15, -0.1) is 0 Å². The maximum Gasteiger partial charge on any atom is 0.250 e. The second-order valence-electron chi connectivity index (χ2n) is 5.35. The van der Waals surface area contributed by atoms with Crippen molar-refractivity contribution in [1.82, 2.24) is 5.32 Å². The number of hydrogen-bond donors (Lipinski definition) is 1. The van der Waals surface area contributed by atoms with E-state index in [4.69, 9.17) is 0 Å². The minimum Gasteiger partial charge on any atom is -0.342 e. The topological polar surface area (TPSA) is 49.4 Å². The molecular formula is C15H18F2N2O2. The van der Waals surface area contributed by atoms with Crippen molar-refractivity contribution < 1.29 is 18.4 Å². The normalized spacial score (nSPS) is 24.0.